The summed E-state index contributed by atoms with van der Waals surface area (Å²) < 4.78 is 5.34. The number of rotatable bonds is 18. The van der Waals surface area contributed by atoms with Crippen LogP contribution in [-0.4, -0.2) is 50.2 Å². The number of carbonyl (C=O) groups excluding carboxylic acids is 1. The van der Waals surface area contributed by atoms with Gasteiger partial charge >= 0.3 is 0 Å². The number of hydrogen-bond acceptors (Lipinski definition) is 3. The highest BCUT2D eigenvalue weighted by molar-refractivity contribution is 5.75. The fourth-order valence-corrected chi connectivity index (χ4v) is 3.30. The molecule has 0 aromatic heterocycles. The molecule has 4 heteroatoms. The number of carbonyl (C=O) groups is 1. The molecule has 33 heavy (non-hydrogen) atoms. The Hall–Kier alpha value is -2.17. The van der Waals surface area contributed by atoms with Crippen molar-refractivity contribution in [2.24, 2.45) is 0 Å². The lowest BCUT2D eigenvalue weighted by Gasteiger charge is -2.26. The van der Waals surface area contributed by atoms with Crippen LogP contribution in [0.15, 0.2) is 72.9 Å². The van der Waals surface area contributed by atoms with Gasteiger partial charge in [0.2, 0.25) is 5.91 Å². The third-order valence-electron chi connectivity index (χ3n) is 5.21. The summed E-state index contributed by atoms with van der Waals surface area (Å²) in [4.78, 5) is 14.3. The lowest BCUT2D eigenvalue weighted by atomic mass is 10.2. The molecule has 1 fully saturated rings. The van der Waals surface area contributed by atoms with Crippen LogP contribution in [0, 0.1) is 0 Å². The number of allylic oxidation sites excluding steroid dienone is 12. The molecule has 1 saturated heterocycles. The summed E-state index contributed by atoms with van der Waals surface area (Å²) in [5.41, 5.74) is 0. The van der Waals surface area contributed by atoms with Crippen LogP contribution < -0.4 is 5.32 Å². The highest BCUT2D eigenvalue weighted by atomic mass is 16.5. The lowest BCUT2D eigenvalue weighted by Crippen LogP contribution is -2.38. The first kappa shape index (κ1) is 28.9. The van der Waals surface area contributed by atoms with Gasteiger partial charge in [0, 0.05) is 26.1 Å². The molecule has 0 atom stereocenters. The Morgan fingerprint density at radius 2 is 1.24 bits per heavy atom. The highest BCUT2D eigenvalue weighted by Gasteiger charge is 2.09. The average Bonchev–Trinajstić information content (AvgIpc) is 2.84. The van der Waals surface area contributed by atoms with E-state index in [9.17, 15) is 4.79 Å². The Balaban J connectivity index is 1.90. The fraction of sp³-hybridized carbons (Fsp3) is 0.552. The maximum Gasteiger partial charge on any atom is 0.220 e. The summed E-state index contributed by atoms with van der Waals surface area (Å²) in [5, 5.41) is 3.02. The molecule has 4 nitrogen and oxygen atoms in total. The number of ether oxygens (including phenoxy) is 1. The molecular weight excluding hydrogens is 408 g/mol. The van der Waals surface area contributed by atoms with Gasteiger partial charge in [-0.25, -0.2) is 0 Å². The number of morpholine rings is 1. The SMILES string of the molecule is CCC=CCC=CCC=CCC=CCC=CCC=CCCC(=O)NCCCN1CCOCC1. The molecule has 0 aromatic rings. The van der Waals surface area contributed by atoms with Crippen LogP contribution in [0.3, 0.4) is 0 Å². The summed E-state index contributed by atoms with van der Waals surface area (Å²) in [6.45, 7) is 7.64. The van der Waals surface area contributed by atoms with Gasteiger partial charge in [0.05, 0.1) is 13.2 Å². The Labute approximate surface area is 202 Å². The van der Waals surface area contributed by atoms with Gasteiger partial charge in [-0.1, -0.05) is 79.8 Å². The highest BCUT2D eigenvalue weighted by Crippen LogP contribution is 1.99. The maximum absolute atomic E-state index is 11.9. The van der Waals surface area contributed by atoms with Gasteiger partial charge in [-0.05, 0) is 57.9 Å². The van der Waals surface area contributed by atoms with Crippen LogP contribution >= 0.6 is 0 Å². The average molecular weight is 455 g/mol. The van der Waals surface area contributed by atoms with Crippen molar-refractivity contribution in [3.05, 3.63) is 72.9 Å². The molecule has 0 aromatic carbocycles. The summed E-state index contributed by atoms with van der Waals surface area (Å²) in [7, 11) is 0. The van der Waals surface area contributed by atoms with Crippen LogP contribution in [0.4, 0.5) is 0 Å². The van der Waals surface area contributed by atoms with Crippen molar-refractivity contribution >= 4 is 5.91 Å². The lowest BCUT2D eigenvalue weighted by molar-refractivity contribution is -0.121. The molecular formula is C29H46N2O2. The quantitative estimate of drug-likeness (QED) is 0.195. The molecule has 1 N–H and O–H groups in total. The first-order valence-electron chi connectivity index (χ1n) is 12.8. The zero-order valence-corrected chi connectivity index (χ0v) is 20.8. The topological polar surface area (TPSA) is 41.6 Å². The van der Waals surface area contributed by atoms with Crippen LogP contribution in [0.2, 0.25) is 0 Å². The minimum atomic E-state index is 0.150. The van der Waals surface area contributed by atoms with Crippen molar-refractivity contribution in [2.45, 2.75) is 64.7 Å². The molecule has 0 spiro atoms. The van der Waals surface area contributed by atoms with Gasteiger partial charge in [0.1, 0.15) is 0 Å². The van der Waals surface area contributed by atoms with E-state index in [4.69, 9.17) is 4.74 Å². The predicted molar refractivity (Wildman–Crippen MR) is 142 cm³/mol. The van der Waals surface area contributed by atoms with E-state index in [-0.39, 0.29) is 5.91 Å². The molecule has 1 aliphatic rings. The van der Waals surface area contributed by atoms with Crippen molar-refractivity contribution in [3.63, 3.8) is 0 Å². The Morgan fingerprint density at radius 3 is 1.76 bits per heavy atom. The fourth-order valence-electron chi connectivity index (χ4n) is 3.30. The number of nitrogens with zero attached hydrogens (tertiary/aromatic N) is 1. The molecule has 0 radical (unpaired) electrons. The smallest absolute Gasteiger partial charge is 0.220 e. The standard InChI is InChI=1S/C29H46N2O2/c1-2-3-4-5-6-7-8-9-10-11-12-13-14-15-16-17-18-19-20-22-29(32)30-23-21-24-31-25-27-33-28-26-31/h3-4,6-7,9-10,12-13,15-16,18-19H,2,5,8,11,14,17,20-28H2,1H3,(H,30,32). The van der Waals surface area contributed by atoms with E-state index in [1.807, 2.05) is 0 Å². The molecule has 0 aliphatic carbocycles. The molecule has 1 amide bonds. The largest absolute Gasteiger partial charge is 0.379 e. The minimum absolute atomic E-state index is 0.150. The molecule has 184 valence electrons. The number of amides is 1. The van der Waals surface area contributed by atoms with E-state index in [0.29, 0.717) is 6.42 Å². The summed E-state index contributed by atoms with van der Waals surface area (Å²) >= 11 is 0. The molecule has 0 unspecified atom stereocenters. The van der Waals surface area contributed by atoms with Gasteiger partial charge in [0.25, 0.3) is 0 Å². The molecule has 1 aliphatic heterocycles. The van der Waals surface area contributed by atoms with E-state index in [1.165, 1.54) is 0 Å². The molecule has 1 heterocycles. The van der Waals surface area contributed by atoms with Gasteiger partial charge in [-0.15, -0.1) is 0 Å². The van der Waals surface area contributed by atoms with Crippen molar-refractivity contribution in [1.82, 2.24) is 10.2 Å². The molecule has 0 saturated carbocycles. The second-order valence-corrected chi connectivity index (χ2v) is 8.11. The summed E-state index contributed by atoms with van der Waals surface area (Å²) in [6, 6.07) is 0. The van der Waals surface area contributed by atoms with Gasteiger partial charge in [-0.2, -0.15) is 0 Å². The minimum Gasteiger partial charge on any atom is -0.379 e. The van der Waals surface area contributed by atoms with Crippen molar-refractivity contribution in [2.75, 3.05) is 39.4 Å². The van der Waals surface area contributed by atoms with Crippen LogP contribution in [0.25, 0.3) is 0 Å². The normalized spacial score (nSPS) is 16.0. The summed E-state index contributed by atoms with van der Waals surface area (Å²) in [6.07, 6.45) is 34.8. The third kappa shape index (κ3) is 20.2. The first-order chi connectivity index (χ1) is 16.3. The zero-order chi connectivity index (χ0) is 23.7. The first-order valence-corrected chi connectivity index (χ1v) is 12.8. The molecule has 0 bridgehead atoms. The second kappa shape index (κ2) is 23.0. The second-order valence-electron chi connectivity index (χ2n) is 8.11. The van der Waals surface area contributed by atoms with E-state index < -0.39 is 0 Å². The zero-order valence-electron chi connectivity index (χ0n) is 20.8. The van der Waals surface area contributed by atoms with E-state index >= 15 is 0 Å². The summed E-state index contributed by atoms with van der Waals surface area (Å²) in [5.74, 6) is 0.150. The van der Waals surface area contributed by atoms with Crippen molar-refractivity contribution < 1.29 is 9.53 Å². The van der Waals surface area contributed by atoms with Crippen LogP contribution in [-0.2, 0) is 9.53 Å². The number of nitrogens with one attached hydrogen (secondary N) is 1. The Morgan fingerprint density at radius 1 is 0.758 bits per heavy atom. The van der Waals surface area contributed by atoms with E-state index in [1.54, 1.807) is 0 Å². The number of hydrogen-bond donors (Lipinski definition) is 1. The van der Waals surface area contributed by atoms with Crippen LogP contribution in [0.5, 0.6) is 0 Å². The van der Waals surface area contributed by atoms with Crippen molar-refractivity contribution in [1.29, 1.82) is 0 Å². The van der Waals surface area contributed by atoms with Crippen molar-refractivity contribution in [3.8, 4) is 0 Å². The van der Waals surface area contributed by atoms with Gasteiger partial charge in [-0.3, -0.25) is 9.69 Å². The van der Waals surface area contributed by atoms with E-state index in [2.05, 4.69) is 90.1 Å². The van der Waals surface area contributed by atoms with E-state index in [0.717, 1.165) is 90.8 Å². The van der Waals surface area contributed by atoms with Gasteiger partial charge < -0.3 is 10.1 Å². The Kier molecular flexibility index (Phi) is 20.1. The third-order valence-corrected chi connectivity index (χ3v) is 5.21. The van der Waals surface area contributed by atoms with Crippen LogP contribution in [0.1, 0.15) is 64.7 Å². The Bertz CT molecular complexity index is 638. The monoisotopic (exact) mass is 454 g/mol. The predicted octanol–water partition coefficient (Wildman–Crippen LogP) is 6.30. The maximum atomic E-state index is 11.9. The van der Waals surface area contributed by atoms with Gasteiger partial charge in [0.15, 0.2) is 0 Å². The molecule has 1 rings (SSSR count).